The highest BCUT2D eigenvalue weighted by atomic mass is 32.2. The van der Waals surface area contributed by atoms with E-state index in [4.69, 9.17) is 0 Å². The van der Waals surface area contributed by atoms with Gasteiger partial charge in [0.1, 0.15) is 0 Å². The van der Waals surface area contributed by atoms with Gasteiger partial charge in [0.25, 0.3) is 15.7 Å². The van der Waals surface area contributed by atoms with E-state index in [1.807, 2.05) is 30.3 Å². The molecule has 0 spiro atoms. The number of benzene rings is 3. The summed E-state index contributed by atoms with van der Waals surface area (Å²) in [5, 5.41) is 14.0. The fraction of sp³-hybridized carbons (Fsp3) is 0. The van der Waals surface area contributed by atoms with Crippen molar-refractivity contribution in [2.24, 2.45) is 0 Å². The maximum absolute atomic E-state index is 12.4. The van der Waals surface area contributed by atoms with Crippen LogP contribution in [0.2, 0.25) is 0 Å². The van der Waals surface area contributed by atoms with Gasteiger partial charge in [-0.1, -0.05) is 24.3 Å². The predicted molar refractivity (Wildman–Crippen MR) is 100 cm³/mol. The molecule has 0 unspecified atom stereocenters. The van der Waals surface area contributed by atoms with Gasteiger partial charge in [0, 0.05) is 29.2 Å². The lowest BCUT2D eigenvalue weighted by Gasteiger charge is -2.10. The molecular weight excluding hydrogens is 354 g/mol. The lowest BCUT2D eigenvalue weighted by molar-refractivity contribution is -0.385. The molecular formula is C18H15N3O4S. The molecule has 0 saturated carbocycles. The fourth-order valence-corrected chi connectivity index (χ4v) is 3.39. The van der Waals surface area contributed by atoms with Crippen LogP contribution < -0.4 is 10.0 Å². The maximum Gasteiger partial charge on any atom is 0.270 e. The lowest BCUT2D eigenvalue weighted by atomic mass is 10.2. The van der Waals surface area contributed by atoms with Crippen molar-refractivity contribution in [1.82, 2.24) is 0 Å². The first-order chi connectivity index (χ1) is 12.4. The Hall–Kier alpha value is -3.39. The van der Waals surface area contributed by atoms with E-state index in [2.05, 4.69) is 10.0 Å². The minimum atomic E-state index is -3.92. The Labute approximate surface area is 150 Å². The Bertz CT molecular complexity index is 1020. The summed E-state index contributed by atoms with van der Waals surface area (Å²) in [4.78, 5) is 10.0. The van der Waals surface area contributed by atoms with Crippen LogP contribution in [0, 0.1) is 10.1 Å². The van der Waals surface area contributed by atoms with Crippen LogP contribution in [0.1, 0.15) is 0 Å². The van der Waals surface area contributed by atoms with E-state index in [0.29, 0.717) is 5.69 Å². The van der Waals surface area contributed by atoms with Crippen molar-refractivity contribution in [1.29, 1.82) is 0 Å². The first-order valence-corrected chi connectivity index (χ1v) is 9.12. The molecule has 3 rings (SSSR count). The summed E-state index contributed by atoms with van der Waals surface area (Å²) < 4.78 is 27.2. The van der Waals surface area contributed by atoms with E-state index in [1.165, 1.54) is 18.2 Å². The van der Waals surface area contributed by atoms with E-state index >= 15 is 0 Å². The standard InChI is InChI=1S/C18H15N3O4S/c22-21(23)17-7-4-8-18(13-17)26(24,25)20-16-11-9-15(10-12-16)19-14-5-2-1-3-6-14/h1-13,19-20H. The van der Waals surface area contributed by atoms with Crippen molar-refractivity contribution >= 4 is 32.8 Å². The molecule has 0 amide bonds. The topological polar surface area (TPSA) is 101 Å². The van der Waals surface area contributed by atoms with Crippen LogP contribution in [0.3, 0.4) is 0 Å². The Morgan fingerprint density at radius 2 is 1.38 bits per heavy atom. The molecule has 0 radical (unpaired) electrons. The maximum atomic E-state index is 12.4. The number of non-ortho nitro benzene ring substituents is 1. The minimum Gasteiger partial charge on any atom is -0.356 e. The second kappa shape index (κ2) is 7.24. The Morgan fingerprint density at radius 1 is 0.769 bits per heavy atom. The SMILES string of the molecule is O=[N+]([O-])c1cccc(S(=O)(=O)Nc2ccc(Nc3ccccc3)cc2)c1. The molecule has 0 atom stereocenters. The van der Waals surface area contributed by atoms with E-state index in [-0.39, 0.29) is 10.6 Å². The van der Waals surface area contributed by atoms with Crippen LogP contribution in [0.15, 0.2) is 83.8 Å². The minimum absolute atomic E-state index is 0.168. The second-order valence-electron chi connectivity index (χ2n) is 5.43. The van der Waals surface area contributed by atoms with Gasteiger partial charge in [0.2, 0.25) is 0 Å². The Balaban J connectivity index is 1.76. The number of hydrogen-bond donors (Lipinski definition) is 2. The zero-order chi connectivity index (χ0) is 18.6. The molecule has 0 bridgehead atoms. The number of para-hydroxylation sites is 1. The van der Waals surface area contributed by atoms with E-state index in [0.717, 1.165) is 17.4 Å². The third kappa shape index (κ3) is 4.17. The molecule has 26 heavy (non-hydrogen) atoms. The van der Waals surface area contributed by atoms with Crippen LogP contribution in [0.25, 0.3) is 0 Å². The summed E-state index contributed by atoms with van der Waals surface area (Å²) >= 11 is 0. The van der Waals surface area contributed by atoms with Gasteiger partial charge >= 0.3 is 0 Å². The third-order valence-corrected chi connectivity index (χ3v) is 4.92. The zero-order valence-electron chi connectivity index (χ0n) is 13.5. The smallest absolute Gasteiger partial charge is 0.270 e. The highest BCUT2D eigenvalue weighted by Crippen LogP contribution is 2.22. The summed E-state index contributed by atoms with van der Waals surface area (Å²) in [5.41, 5.74) is 1.79. The first-order valence-electron chi connectivity index (χ1n) is 7.63. The number of nitro groups is 1. The van der Waals surface area contributed by atoms with E-state index in [1.54, 1.807) is 24.3 Å². The molecule has 7 nitrogen and oxygen atoms in total. The summed E-state index contributed by atoms with van der Waals surface area (Å²) in [6.45, 7) is 0. The molecule has 0 aliphatic carbocycles. The first kappa shape index (κ1) is 17.4. The molecule has 0 saturated heterocycles. The predicted octanol–water partition coefficient (Wildman–Crippen LogP) is 4.14. The zero-order valence-corrected chi connectivity index (χ0v) is 14.3. The van der Waals surface area contributed by atoms with Gasteiger partial charge in [0.15, 0.2) is 0 Å². The number of nitro benzene ring substituents is 1. The number of sulfonamides is 1. The lowest BCUT2D eigenvalue weighted by Crippen LogP contribution is -2.13. The Kier molecular flexibility index (Phi) is 4.85. The largest absolute Gasteiger partial charge is 0.356 e. The molecule has 3 aromatic rings. The van der Waals surface area contributed by atoms with Crippen LogP contribution in [-0.4, -0.2) is 13.3 Å². The normalized spacial score (nSPS) is 10.9. The quantitative estimate of drug-likeness (QED) is 0.502. The molecule has 0 aliphatic rings. The van der Waals surface area contributed by atoms with Crippen molar-refractivity contribution in [2.45, 2.75) is 4.90 Å². The highest BCUT2D eigenvalue weighted by molar-refractivity contribution is 7.92. The molecule has 2 N–H and O–H groups in total. The monoisotopic (exact) mass is 369 g/mol. The van der Waals surface area contributed by atoms with Gasteiger partial charge in [-0.3, -0.25) is 14.8 Å². The van der Waals surface area contributed by atoms with Crippen molar-refractivity contribution < 1.29 is 13.3 Å². The third-order valence-electron chi connectivity index (χ3n) is 3.54. The summed E-state index contributed by atoms with van der Waals surface area (Å²) in [7, 11) is -3.92. The van der Waals surface area contributed by atoms with Crippen LogP contribution in [0.5, 0.6) is 0 Å². The molecule has 0 aromatic heterocycles. The van der Waals surface area contributed by atoms with Crippen molar-refractivity contribution in [3.8, 4) is 0 Å². The van der Waals surface area contributed by atoms with Crippen LogP contribution in [-0.2, 0) is 10.0 Å². The number of rotatable bonds is 6. The number of hydrogen-bond acceptors (Lipinski definition) is 5. The van der Waals surface area contributed by atoms with Crippen molar-refractivity contribution in [3.63, 3.8) is 0 Å². The molecule has 0 fully saturated rings. The van der Waals surface area contributed by atoms with Crippen molar-refractivity contribution in [3.05, 3.63) is 89.0 Å². The number of anilines is 3. The van der Waals surface area contributed by atoms with Crippen LogP contribution in [0.4, 0.5) is 22.7 Å². The van der Waals surface area contributed by atoms with Gasteiger partial charge < -0.3 is 5.32 Å². The fourth-order valence-electron chi connectivity index (χ4n) is 2.29. The molecule has 132 valence electrons. The van der Waals surface area contributed by atoms with E-state index < -0.39 is 14.9 Å². The second-order valence-corrected chi connectivity index (χ2v) is 7.11. The molecule has 8 heteroatoms. The summed E-state index contributed by atoms with van der Waals surface area (Å²) in [6, 6.07) is 21.1. The van der Waals surface area contributed by atoms with Gasteiger partial charge in [-0.15, -0.1) is 0 Å². The summed E-state index contributed by atoms with van der Waals surface area (Å²) in [6.07, 6.45) is 0. The number of nitrogens with zero attached hydrogens (tertiary/aromatic N) is 1. The molecule has 0 heterocycles. The number of nitrogens with one attached hydrogen (secondary N) is 2. The van der Waals surface area contributed by atoms with Gasteiger partial charge in [-0.05, 0) is 42.5 Å². The molecule has 3 aromatic carbocycles. The van der Waals surface area contributed by atoms with Gasteiger partial charge in [-0.25, -0.2) is 8.42 Å². The highest BCUT2D eigenvalue weighted by Gasteiger charge is 2.17. The van der Waals surface area contributed by atoms with Gasteiger partial charge in [-0.2, -0.15) is 0 Å². The molecule has 0 aliphatic heterocycles. The van der Waals surface area contributed by atoms with Crippen LogP contribution >= 0.6 is 0 Å². The average Bonchev–Trinajstić information content (AvgIpc) is 2.64. The van der Waals surface area contributed by atoms with Gasteiger partial charge in [0.05, 0.1) is 9.82 Å². The Morgan fingerprint density at radius 3 is 2.04 bits per heavy atom. The van der Waals surface area contributed by atoms with Crippen molar-refractivity contribution in [2.75, 3.05) is 10.0 Å². The summed E-state index contributed by atoms with van der Waals surface area (Å²) in [5.74, 6) is 0. The average molecular weight is 369 g/mol. The van der Waals surface area contributed by atoms with E-state index in [9.17, 15) is 18.5 Å².